The Morgan fingerprint density at radius 3 is 2.16 bits per heavy atom. The lowest BCUT2D eigenvalue weighted by atomic mass is 9.90. The van der Waals surface area contributed by atoms with Crippen molar-refractivity contribution in [3.8, 4) is 0 Å². The van der Waals surface area contributed by atoms with Crippen molar-refractivity contribution in [2.24, 2.45) is 11.3 Å². The molecule has 1 heterocycles. The van der Waals surface area contributed by atoms with Crippen LogP contribution in [0.3, 0.4) is 0 Å². The number of carbonyl (C=O) groups is 3. The van der Waals surface area contributed by atoms with Gasteiger partial charge in [0.2, 0.25) is 11.8 Å². The molecule has 2 aromatic carbocycles. The average Bonchev–Trinajstić information content (AvgIpc) is 2.74. The number of likely N-dealkylation sites (tertiary alicyclic amines) is 1. The van der Waals surface area contributed by atoms with Gasteiger partial charge in [-0.15, -0.1) is 0 Å². The van der Waals surface area contributed by atoms with Crippen LogP contribution in [0.5, 0.6) is 0 Å². The topological polar surface area (TPSA) is 78.5 Å². The normalized spacial score (nSPS) is 14.8. The Bertz CT molecular complexity index is 956. The zero-order valence-electron chi connectivity index (χ0n) is 18.7. The fraction of sp³-hybridized carbons (Fsp3) is 0.400. The number of anilines is 2. The number of benzene rings is 2. The molecule has 6 heteroatoms. The highest BCUT2D eigenvalue weighted by molar-refractivity contribution is 6.07. The monoisotopic (exact) mass is 421 g/mol. The summed E-state index contributed by atoms with van der Waals surface area (Å²) in [6.07, 6.45) is 1.28. The van der Waals surface area contributed by atoms with E-state index in [9.17, 15) is 14.4 Å². The molecule has 3 rings (SSSR count). The first-order valence-corrected chi connectivity index (χ1v) is 10.7. The van der Waals surface area contributed by atoms with E-state index in [1.165, 1.54) is 0 Å². The van der Waals surface area contributed by atoms with Crippen LogP contribution in [0.4, 0.5) is 11.4 Å². The molecular formula is C25H31N3O3. The van der Waals surface area contributed by atoms with Crippen molar-refractivity contribution >= 4 is 29.1 Å². The second-order valence-corrected chi connectivity index (χ2v) is 9.10. The first-order chi connectivity index (χ1) is 14.7. The van der Waals surface area contributed by atoms with Crippen LogP contribution in [0.15, 0.2) is 48.5 Å². The Kier molecular flexibility index (Phi) is 6.78. The molecule has 2 aromatic rings. The second-order valence-electron chi connectivity index (χ2n) is 9.10. The van der Waals surface area contributed by atoms with Gasteiger partial charge in [-0.3, -0.25) is 14.4 Å². The molecule has 0 aliphatic carbocycles. The summed E-state index contributed by atoms with van der Waals surface area (Å²) in [5, 5.41) is 5.87. The number of carbonyl (C=O) groups excluding carboxylic acids is 3. The van der Waals surface area contributed by atoms with E-state index in [1.807, 2.05) is 69.0 Å². The molecule has 164 valence electrons. The van der Waals surface area contributed by atoms with Crippen LogP contribution in [0, 0.1) is 18.3 Å². The molecule has 3 amide bonds. The lowest BCUT2D eigenvalue weighted by Crippen LogP contribution is -2.45. The predicted molar refractivity (Wildman–Crippen MR) is 123 cm³/mol. The first-order valence-electron chi connectivity index (χ1n) is 10.7. The summed E-state index contributed by atoms with van der Waals surface area (Å²) < 4.78 is 0. The molecule has 1 saturated heterocycles. The Labute approximate surface area is 184 Å². The first kappa shape index (κ1) is 22.5. The van der Waals surface area contributed by atoms with Gasteiger partial charge in [-0.2, -0.15) is 0 Å². The molecule has 1 aliphatic rings. The third-order valence-electron chi connectivity index (χ3n) is 5.66. The summed E-state index contributed by atoms with van der Waals surface area (Å²) in [5.74, 6) is -0.301. The fourth-order valence-electron chi connectivity index (χ4n) is 3.79. The molecule has 6 nitrogen and oxygen atoms in total. The van der Waals surface area contributed by atoms with Crippen LogP contribution in [0.2, 0.25) is 0 Å². The molecule has 31 heavy (non-hydrogen) atoms. The molecule has 0 unspecified atom stereocenters. The Morgan fingerprint density at radius 1 is 0.903 bits per heavy atom. The molecule has 0 saturated carbocycles. The number of para-hydroxylation sites is 1. The van der Waals surface area contributed by atoms with Gasteiger partial charge in [0.25, 0.3) is 5.91 Å². The third-order valence-corrected chi connectivity index (χ3v) is 5.66. The maximum Gasteiger partial charge on any atom is 0.256 e. The standard InChI is InChI=1S/C25H31N3O3/c1-17-20(23(30)26-19-9-6-5-7-10-19)11-8-12-21(17)27-22(29)18-13-15-28(16-14-18)24(31)25(2,3)4/h5-12,18H,13-16H2,1-4H3,(H,26,30)(H,27,29). The number of piperidine rings is 1. The van der Waals surface area contributed by atoms with Crippen LogP contribution < -0.4 is 10.6 Å². The van der Waals surface area contributed by atoms with Gasteiger partial charge < -0.3 is 15.5 Å². The number of hydrogen-bond acceptors (Lipinski definition) is 3. The summed E-state index contributed by atoms with van der Waals surface area (Å²) in [4.78, 5) is 39.8. The van der Waals surface area contributed by atoms with Crippen molar-refractivity contribution in [2.45, 2.75) is 40.5 Å². The SMILES string of the molecule is Cc1c(NC(=O)C2CCN(C(=O)C(C)(C)C)CC2)cccc1C(=O)Nc1ccccc1. The van der Waals surface area contributed by atoms with Gasteiger partial charge in [-0.25, -0.2) is 0 Å². The van der Waals surface area contributed by atoms with E-state index in [-0.39, 0.29) is 23.6 Å². The maximum atomic E-state index is 12.9. The van der Waals surface area contributed by atoms with Gasteiger partial charge in [0.1, 0.15) is 0 Å². The summed E-state index contributed by atoms with van der Waals surface area (Å²) in [5.41, 5.74) is 2.20. The van der Waals surface area contributed by atoms with E-state index < -0.39 is 5.41 Å². The zero-order chi connectivity index (χ0) is 22.6. The van der Waals surface area contributed by atoms with Crippen LogP contribution in [0.1, 0.15) is 49.5 Å². The number of amides is 3. The molecular weight excluding hydrogens is 390 g/mol. The zero-order valence-corrected chi connectivity index (χ0v) is 18.7. The van der Waals surface area contributed by atoms with Crippen molar-refractivity contribution in [2.75, 3.05) is 23.7 Å². The third kappa shape index (κ3) is 5.51. The van der Waals surface area contributed by atoms with Gasteiger partial charge >= 0.3 is 0 Å². The highest BCUT2D eigenvalue weighted by Crippen LogP contribution is 2.26. The van der Waals surface area contributed by atoms with Gasteiger partial charge in [0.05, 0.1) is 0 Å². The summed E-state index contributed by atoms with van der Waals surface area (Å²) >= 11 is 0. The maximum absolute atomic E-state index is 12.9. The van der Waals surface area contributed by atoms with Gasteiger partial charge in [0, 0.05) is 41.4 Å². The van der Waals surface area contributed by atoms with E-state index in [0.717, 1.165) is 11.3 Å². The van der Waals surface area contributed by atoms with Gasteiger partial charge in [0.15, 0.2) is 0 Å². The smallest absolute Gasteiger partial charge is 0.256 e. The summed E-state index contributed by atoms with van der Waals surface area (Å²) in [6, 6.07) is 14.6. The molecule has 0 radical (unpaired) electrons. The molecule has 2 N–H and O–H groups in total. The minimum Gasteiger partial charge on any atom is -0.342 e. The molecule has 0 spiro atoms. The van der Waals surface area contributed by atoms with Crippen molar-refractivity contribution in [1.29, 1.82) is 0 Å². The van der Waals surface area contributed by atoms with Gasteiger partial charge in [-0.05, 0) is 49.6 Å². The number of nitrogens with zero attached hydrogens (tertiary/aromatic N) is 1. The van der Waals surface area contributed by atoms with Gasteiger partial charge in [-0.1, -0.05) is 45.0 Å². The molecule has 0 bridgehead atoms. The van der Waals surface area contributed by atoms with E-state index in [1.54, 1.807) is 12.1 Å². The van der Waals surface area contributed by atoms with Crippen LogP contribution in [-0.4, -0.2) is 35.7 Å². The fourth-order valence-corrected chi connectivity index (χ4v) is 3.79. The van der Waals surface area contributed by atoms with E-state index in [2.05, 4.69) is 10.6 Å². The van der Waals surface area contributed by atoms with Crippen LogP contribution >= 0.6 is 0 Å². The quantitative estimate of drug-likeness (QED) is 0.764. The van der Waals surface area contributed by atoms with Crippen molar-refractivity contribution in [1.82, 2.24) is 4.90 Å². The van der Waals surface area contributed by atoms with Crippen molar-refractivity contribution in [3.63, 3.8) is 0 Å². The second kappa shape index (κ2) is 9.33. The minimum absolute atomic E-state index is 0.0634. The largest absolute Gasteiger partial charge is 0.342 e. The summed E-state index contributed by atoms with van der Waals surface area (Å²) in [6.45, 7) is 8.76. The number of nitrogens with one attached hydrogen (secondary N) is 2. The summed E-state index contributed by atoms with van der Waals surface area (Å²) in [7, 11) is 0. The molecule has 0 atom stereocenters. The molecule has 1 aliphatic heterocycles. The Hall–Kier alpha value is -3.15. The van der Waals surface area contributed by atoms with E-state index in [4.69, 9.17) is 0 Å². The lowest BCUT2D eigenvalue weighted by Gasteiger charge is -2.35. The Balaban J connectivity index is 1.63. The number of hydrogen-bond donors (Lipinski definition) is 2. The molecule has 0 aromatic heterocycles. The van der Waals surface area contributed by atoms with Crippen molar-refractivity contribution < 1.29 is 14.4 Å². The van der Waals surface area contributed by atoms with E-state index in [0.29, 0.717) is 37.2 Å². The highest BCUT2D eigenvalue weighted by Gasteiger charge is 2.32. The minimum atomic E-state index is -0.410. The van der Waals surface area contributed by atoms with Crippen LogP contribution in [0.25, 0.3) is 0 Å². The van der Waals surface area contributed by atoms with Crippen LogP contribution in [-0.2, 0) is 9.59 Å². The predicted octanol–water partition coefficient (Wildman–Crippen LogP) is 4.47. The molecule has 1 fully saturated rings. The van der Waals surface area contributed by atoms with Crippen molar-refractivity contribution in [3.05, 3.63) is 59.7 Å². The highest BCUT2D eigenvalue weighted by atomic mass is 16.2. The lowest BCUT2D eigenvalue weighted by molar-refractivity contribution is -0.142. The average molecular weight is 422 g/mol. The number of rotatable bonds is 4. The Morgan fingerprint density at radius 2 is 1.55 bits per heavy atom. The van der Waals surface area contributed by atoms with E-state index >= 15 is 0 Å².